The van der Waals surface area contributed by atoms with Gasteiger partial charge in [0.15, 0.2) is 0 Å². The second-order valence-electron chi connectivity index (χ2n) is 5.33. The molecule has 2 rings (SSSR count). The highest BCUT2D eigenvalue weighted by molar-refractivity contribution is 6.00. The number of nitrogens with two attached hydrogens (primary N) is 1. The third-order valence-electron chi connectivity index (χ3n) is 3.44. The van der Waals surface area contributed by atoms with E-state index in [2.05, 4.69) is 0 Å². The SMILES string of the molecule is CC1(O)CCCN(C(=O)c2cccc(N)c2[N+](=O)[O-])C1. The Kier molecular flexibility index (Phi) is 3.63. The largest absolute Gasteiger partial charge is 0.393 e. The molecule has 1 aromatic carbocycles. The van der Waals surface area contributed by atoms with Gasteiger partial charge in [0.05, 0.1) is 10.5 Å². The van der Waals surface area contributed by atoms with Gasteiger partial charge < -0.3 is 15.7 Å². The molecule has 1 fully saturated rings. The van der Waals surface area contributed by atoms with E-state index >= 15 is 0 Å². The monoisotopic (exact) mass is 279 g/mol. The van der Waals surface area contributed by atoms with Crippen molar-refractivity contribution < 1.29 is 14.8 Å². The minimum Gasteiger partial charge on any atom is -0.393 e. The number of nitrogens with zero attached hydrogens (tertiary/aromatic N) is 2. The molecule has 1 aromatic rings. The summed E-state index contributed by atoms with van der Waals surface area (Å²) >= 11 is 0. The van der Waals surface area contributed by atoms with E-state index in [9.17, 15) is 20.0 Å². The van der Waals surface area contributed by atoms with Crippen LogP contribution in [0.5, 0.6) is 0 Å². The lowest BCUT2D eigenvalue weighted by Gasteiger charge is -2.36. The molecule has 0 spiro atoms. The highest BCUT2D eigenvalue weighted by Crippen LogP contribution is 2.29. The minimum absolute atomic E-state index is 0.0345. The van der Waals surface area contributed by atoms with E-state index in [1.807, 2.05) is 0 Å². The van der Waals surface area contributed by atoms with Crippen molar-refractivity contribution in [1.29, 1.82) is 0 Å². The maximum absolute atomic E-state index is 12.4. The van der Waals surface area contributed by atoms with Crippen molar-refractivity contribution in [3.63, 3.8) is 0 Å². The van der Waals surface area contributed by atoms with Crippen LogP contribution in [0.25, 0.3) is 0 Å². The maximum atomic E-state index is 12.4. The first-order valence-electron chi connectivity index (χ1n) is 6.36. The summed E-state index contributed by atoms with van der Waals surface area (Å²) in [5.41, 5.74) is 4.18. The van der Waals surface area contributed by atoms with E-state index in [-0.39, 0.29) is 23.5 Å². The summed E-state index contributed by atoms with van der Waals surface area (Å²) in [6, 6.07) is 4.29. The number of carbonyl (C=O) groups is 1. The zero-order valence-electron chi connectivity index (χ0n) is 11.2. The third kappa shape index (κ3) is 2.72. The van der Waals surface area contributed by atoms with Crippen molar-refractivity contribution >= 4 is 17.3 Å². The van der Waals surface area contributed by atoms with Gasteiger partial charge in [0.2, 0.25) is 0 Å². The number of nitro groups is 1. The standard InChI is InChI=1S/C13H17N3O4/c1-13(18)6-3-7-15(8-13)12(17)9-4-2-5-10(14)11(9)16(19)20/h2,4-5,18H,3,6-8,14H2,1H3. The zero-order chi connectivity index (χ0) is 14.9. The number of hydrogen-bond donors (Lipinski definition) is 2. The molecule has 1 saturated heterocycles. The van der Waals surface area contributed by atoms with E-state index in [4.69, 9.17) is 5.73 Å². The number of rotatable bonds is 2. The van der Waals surface area contributed by atoms with Crippen molar-refractivity contribution in [3.05, 3.63) is 33.9 Å². The Hall–Kier alpha value is -2.15. The number of likely N-dealkylation sites (tertiary alicyclic amines) is 1. The van der Waals surface area contributed by atoms with Crippen molar-refractivity contribution in [1.82, 2.24) is 4.90 Å². The first-order valence-corrected chi connectivity index (χ1v) is 6.36. The van der Waals surface area contributed by atoms with Crippen LogP contribution in [0.1, 0.15) is 30.1 Å². The molecule has 1 unspecified atom stereocenters. The first kappa shape index (κ1) is 14.3. The molecule has 1 atom stereocenters. The van der Waals surface area contributed by atoms with E-state index < -0.39 is 16.4 Å². The lowest BCUT2D eigenvalue weighted by Crippen LogP contribution is -2.48. The van der Waals surface area contributed by atoms with Gasteiger partial charge in [-0.1, -0.05) is 6.07 Å². The van der Waals surface area contributed by atoms with Crippen molar-refractivity contribution in [3.8, 4) is 0 Å². The lowest BCUT2D eigenvalue weighted by atomic mass is 9.94. The molecule has 1 aliphatic heterocycles. The quantitative estimate of drug-likeness (QED) is 0.479. The fraction of sp³-hybridized carbons (Fsp3) is 0.462. The summed E-state index contributed by atoms with van der Waals surface area (Å²) in [6.07, 6.45) is 1.27. The molecule has 0 aromatic heterocycles. The lowest BCUT2D eigenvalue weighted by molar-refractivity contribution is -0.384. The number of para-hydroxylation sites is 1. The molecule has 3 N–H and O–H groups in total. The molecule has 0 aliphatic carbocycles. The van der Waals surface area contributed by atoms with Crippen molar-refractivity contribution in [2.75, 3.05) is 18.8 Å². The van der Waals surface area contributed by atoms with Gasteiger partial charge in [-0.25, -0.2) is 0 Å². The van der Waals surface area contributed by atoms with Crippen molar-refractivity contribution in [2.24, 2.45) is 0 Å². The Morgan fingerprint density at radius 3 is 2.85 bits per heavy atom. The molecule has 1 heterocycles. The topological polar surface area (TPSA) is 110 Å². The molecule has 20 heavy (non-hydrogen) atoms. The zero-order valence-corrected chi connectivity index (χ0v) is 11.2. The molecule has 108 valence electrons. The van der Waals surface area contributed by atoms with Gasteiger partial charge >= 0.3 is 5.69 Å². The summed E-state index contributed by atoms with van der Waals surface area (Å²) in [5.74, 6) is -0.469. The van der Waals surface area contributed by atoms with Crippen LogP contribution in [0.3, 0.4) is 0 Å². The third-order valence-corrected chi connectivity index (χ3v) is 3.44. The Morgan fingerprint density at radius 2 is 2.25 bits per heavy atom. The van der Waals surface area contributed by atoms with E-state index in [1.54, 1.807) is 6.92 Å². The Bertz CT molecular complexity index is 557. The molecule has 1 aliphatic rings. The van der Waals surface area contributed by atoms with Crippen LogP contribution >= 0.6 is 0 Å². The molecule has 0 bridgehead atoms. The minimum atomic E-state index is -0.955. The summed E-state index contributed by atoms with van der Waals surface area (Å²) in [7, 11) is 0. The number of amides is 1. The van der Waals surface area contributed by atoms with Gasteiger partial charge in [0.25, 0.3) is 5.91 Å². The van der Waals surface area contributed by atoms with Crippen LogP contribution in [0.2, 0.25) is 0 Å². The number of benzene rings is 1. The van der Waals surface area contributed by atoms with Gasteiger partial charge in [-0.2, -0.15) is 0 Å². The average molecular weight is 279 g/mol. The molecular weight excluding hydrogens is 262 g/mol. The van der Waals surface area contributed by atoms with Crippen LogP contribution in [0.4, 0.5) is 11.4 Å². The van der Waals surface area contributed by atoms with Gasteiger partial charge in [0, 0.05) is 13.1 Å². The van der Waals surface area contributed by atoms with Crippen LogP contribution < -0.4 is 5.73 Å². The van der Waals surface area contributed by atoms with Gasteiger partial charge in [-0.15, -0.1) is 0 Å². The summed E-state index contributed by atoms with van der Waals surface area (Å²) < 4.78 is 0. The number of piperidine rings is 1. The van der Waals surface area contributed by atoms with Gasteiger partial charge in [0.1, 0.15) is 11.3 Å². The van der Waals surface area contributed by atoms with Crippen molar-refractivity contribution in [2.45, 2.75) is 25.4 Å². The fourth-order valence-corrected chi connectivity index (χ4v) is 2.50. The van der Waals surface area contributed by atoms with E-state index in [0.29, 0.717) is 19.4 Å². The molecule has 7 nitrogen and oxygen atoms in total. The predicted molar refractivity (Wildman–Crippen MR) is 73.3 cm³/mol. The van der Waals surface area contributed by atoms with Crippen LogP contribution in [-0.2, 0) is 0 Å². The first-order chi connectivity index (χ1) is 9.32. The van der Waals surface area contributed by atoms with E-state index in [0.717, 1.165) is 0 Å². The number of anilines is 1. The molecule has 0 saturated carbocycles. The number of nitrogen functional groups attached to an aromatic ring is 1. The Morgan fingerprint density at radius 1 is 1.55 bits per heavy atom. The Balaban J connectivity index is 2.34. The molecule has 7 heteroatoms. The number of carbonyl (C=O) groups excluding carboxylic acids is 1. The smallest absolute Gasteiger partial charge is 0.304 e. The predicted octanol–water partition coefficient (Wildman–Crippen LogP) is 1.16. The number of hydrogen-bond acceptors (Lipinski definition) is 5. The van der Waals surface area contributed by atoms with Crippen LogP contribution in [-0.4, -0.2) is 39.5 Å². The summed E-state index contributed by atoms with van der Waals surface area (Å²) in [5, 5.41) is 21.1. The Labute approximate surface area is 116 Å². The van der Waals surface area contributed by atoms with Gasteiger partial charge in [-0.05, 0) is 31.9 Å². The van der Waals surface area contributed by atoms with Crippen LogP contribution in [0, 0.1) is 10.1 Å². The second-order valence-corrected chi connectivity index (χ2v) is 5.33. The average Bonchev–Trinajstić information content (AvgIpc) is 2.35. The summed E-state index contributed by atoms with van der Waals surface area (Å²) in [6.45, 7) is 2.29. The molecular formula is C13H17N3O4. The maximum Gasteiger partial charge on any atom is 0.304 e. The summed E-state index contributed by atoms with van der Waals surface area (Å²) in [4.78, 5) is 24.3. The number of nitro benzene ring substituents is 1. The highest BCUT2D eigenvalue weighted by Gasteiger charge is 2.34. The highest BCUT2D eigenvalue weighted by atomic mass is 16.6. The second kappa shape index (κ2) is 5.09. The van der Waals surface area contributed by atoms with Crippen LogP contribution in [0.15, 0.2) is 18.2 Å². The molecule has 0 radical (unpaired) electrons. The fourth-order valence-electron chi connectivity index (χ4n) is 2.50. The molecule has 1 amide bonds. The van der Waals surface area contributed by atoms with Gasteiger partial charge in [-0.3, -0.25) is 14.9 Å². The normalized spacial score (nSPS) is 22.6. The number of aliphatic hydroxyl groups is 1. The number of β-amino-alcohol motifs (C(OH)–C–C–N with tert-alkyl or cyclic N) is 1. The van der Waals surface area contributed by atoms with E-state index in [1.165, 1.54) is 23.1 Å².